The highest BCUT2D eigenvalue weighted by molar-refractivity contribution is 7.89. The monoisotopic (exact) mass is 514 g/mol. The molecule has 4 rings (SSSR count). The van der Waals surface area contributed by atoms with Gasteiger partial charge >= 0.3 is 0 Å². The van der Waals surface area contributed by atoms with E-state index >= 15 is 0 Å². The number of hydrogen-bond acceptors (Lipinski definition) is 7. The summed E-state index contributed by atoms with van der Waals surface area (Å²) >= 11 is 0. The van der Waals surface area contributed by atoms with E-state index in [4.69, 9.17) is 4.74 Å². The van der Waals surface area contributed by atoms with Gasteiger partial charge in [-0.25, -0.2) is 22.8 Å². The topological polar surface area (TPSA) is 95.9 Å². The molecule has 2 aromatic carbocycles. The van der Waals surface area contributed by atoms with Crippen molar-refractivity contribution in [3.8, 4) is 16.9 Å². The lowest BCUT2D eigenvalue weighted by Crippen LogP contribution is -2.49. The molecule has 1 aliphatic heterocycles. The minimum absolute atomic E-state index is 0.00102. The number of benzene rings is 2. The molecule has 3 atom stereocenters. The van der Waals surface area contributed by atoms with E-state index < -0.39 is 21.9 Å². The Morgan fingerprint density at radius 2 is 1.94 bits per heavy atom. The van der Waals surface area contributed by atoms with Crippen molar-refractivity contribution in [1.29, 1.82) is 0 Å². The average Bonchev–Trinajstić information content (AvgIpc) is 2.86. The Morgan fingerprint density at radius 3 is 2.64 bits per heavy atom. The highest BCUT2D eigenvalue weighted by Crippen LogP contribution is 2.37. The molecular weight excluding hydrogens is 483 g/mol. The molecule has 0 saturated carbocycles. The van der Waals surface area contributed by atoms with Gasteiger partial charge in [0, 0.05) is 55.1 Å². The van der Waals surface area contributed by atoms with Crippen molar-refractivity contribution in [1.82, 2.24) is 19.2 Å². The van der Waals surface area contributed by atoms with Crippen LogP contribution < -0.4 is 4.74 Å². The molecule has 1 N–H and O–H groups in total. The Labute approximate surface area is 211 Å². The van der Waals surface area contributed by atoms with Crippen LogP contribution in [0, 0.1) is 11.7 Å². The summed E-state index contributed by atoms with van der Waals surface area (Å²) in [6, 6.07) is 10.4. The maximum absolute atomic E-state index is 14.5. The van der Waals surface area contributed by atoms with Crippen LogP contribution in [0.4, 0.5) is 4.39 Å². The maximum Gasteiger partial charge on any atom is 0.247 e. The summed E-state index contributed by atoms with van der Waals surface area (Å²) in [7, 11) is -2.02. The molecule has 0 amide bonds. The molecule has 192 valence electrons. The van der Waals surface area contributed by atoms with Gasteiger partial charge in [-0.1, -0.05) is 31.2 Å². The summed E-state index contributed by atoms with van der Waals surface area (Å²) in [5.74, 6) is -0.441. The number of aromatic nitrogens is 2. The van der Waals surface area contributed by atoms with Crippen LogP contribution >= 0.6 is 0 Å². The standard InChI is InChI=1S/C26H31FN4O4S/c1-18-13-31(19(2)16-32)36(33,34)26-9-8-21(22-6-4-5-7-23(22)27)10-24(26)35-25(18)15-30(3)14-20-11-28-17-29-12-20/h4-12,17-19,25,32H,13-16H2,1-3H3/t18-,19+,25-/m0/s1. The molecule has 3 aromatic rings. The molecule has 0 aliphatic carbocycles. The SMILES string of the molecule is C[C@H](CO)N1C[C@H](C)[C@H](CN(C)Cc2cncnc2)Oc2cc(-c3ccccc3F)ccc2S1(=O)=O. The lowest BCUT2D eigenvalue weighted by Gasteiger charge is -2.37. The number of nitrogens with zero attached hydrogens (tertiary/aromatic N) is 4. The van der Waals surface area contributed by atoms with Gasteiger partial charge in [-0.05, 0) is 37.7 Å². The lowest BCUT2D eigenvalue weighted by molar-refractivity contribution is 0.0733. The molecule has 10 heteroatoms. The third-order valence-electron chi connectivity index (χ3n) is 6.41. The highest BCUT2D eigenvalue weighted by atomic mass is 32.2. The first-order valence-electron chi connectivity index (χ1n) is 11.8. The Morgan fingerprint density at radius 1 is 1.22 bits per heavy atom. The molecule has 0 bridgehead atoms. The number of likely N-dealkylation sites (N-methyl/N-ethyl adjacent to an activating group) is 1. The molecule has 0 radical (unpaired) electrons. The predicted octanol–water partition coefficient (Wildman–Crippen LogP) is 3.18. The molecule has 1 aromatic heterocycles. The Hall–Kier alpha value is -2.92. The van der Waals surface area contributed by atoms with Crippen LogP contribution in [-0.2, 0) is 16.6 Å². The highest BCUT2D eigenvalue weighted by Gasteiger charge is 2.38. The normalized spacial score (nSPS) is 20.7. The summed E-state index contributed by atoms with van der Waals surface area (Å²) in [6.45, 7) is 4.57. The van der Waals surface area contributed by atoms with Crippen LogP contribution in [0.3, 0.4) is 0 Å². The van der Waals surface area contributed by atoms with Crippen molar-refractivity contribution in [3.05, 3.63) is 72.6 Å². The molecule has 36 heavy (non-hydrogen) atoms. The first-order valence-corrected chi connectivity index (χ1v) is 13.3. The zero-order valence-electron chi connectivity index (χ0n) is 20.6. The summed E-state index contributed by atoms with van der Waals surface area (Å²) in [5.41, 5.74) is 1.82. The van der Waals surface area contributed by atoms with Crippen LogP contribution in [0.15, 0.2) is 66.1 Å². The molecule has 0 saturated heterocycles. The number of halogens is 1. The van der Waals surface area contributed by atoms with E-state index in [-0.39, 0.29) is 35.8 Å². The van der Waals surface area contributed by atoms with Crippen molar-refractivity contribution in [2.45, 2.75) is 37.4 Å². The van der Waals surface area contributed by atoms with Crippen molar-refractivity contribution >= 4 is 10.0 Å². The fraction of sp³-hybridized carbons (Fsp3) is 0.385. The summed E-state index contributed by atoms with van der Waals surface area (Å²) in [5, 5.41) is 9.82. The molecule has 1 aliphatic rings. The quantitative estimate of drug-likeness (QED) is 0.517. The third kappa shape index (κ3) is 5.57. The number of aliphatic hydroxyl groups excluding tert-OH is 1. The second-order valence-corrected chi connectivity index (χ2v) is 11.2. The van der Waals surface area contributed by atoms with Crippen molar-refractivity contribution in [2.75, 3.05) is 26.7 Å². The van der Waals surface area contributed by atoms with Gasteiger partial charge in [0.2, 0.25) is 10.0 Å². The largest absolute Gasteiger partial charge is 0.487 e. The fourth-order valence-corrected chi connectivity index (χ4v) is 6.23. The summed E-state index contributed by atoms with van der Waals surface area (Å²) in [4.78, 5) is 10.2. The lowest BCUT2D eigenvalue weighted by atomic mass is 10.0. The third-order valence-corrected chi connectivity index (χ3v) is 8.43. The van der Waals surface area contributed by atoms with Crippen LogP contribution in [0.2, 0.25) is 0 Å². The van der Waals surface area contributed by atoms with E-state index in [1.807, 2.05) is 14.0 Å². The van der Waals surface area contributed by atoms with Gasteiger partial charge in [-0.15, -0.1) is 0 Å². The Balaban J connectivity index is 1.74. The number of sulfonamides is 1. The number of rotatable bonds is 7. The fourth-order valence-electron chi connectivity index (χ4n) is 4.40. The van der Waals surface area contributed by atoms with E-state index in [0.29, 0.717) is 24.2 Å². The predicted molar refractivity (Wildman–Crippen MR) is 134 cm³/mol. The van der Waals surface area contributed by atoms with E-state index in [1.54, 1.807) is 49.6 Å². The van der Waals surface area contributed by atoms with Gasteiger partial charge in [0.05, 0.1) is 6.61 Å². The Bertz CT molecular complexity index is 1290. The first-order chi connectivity index (χ1) is 17.2. The number of aliphatic hydroxyl groups is 1. The number of hydrogen-bond donors (Lipinski definition) is 1. The zero-order valence-corrected chi connectivity index (χ0v) is 21.4. The first kappa shape index (κ1) is 26.2. The van der Waals surface area contributed by atoms with E-state index in [9.17, 15) is 17.9 Å². The number of fused-ring (bicyclic) bond motifs is 1. The average molecular weight is 515 g/mol. The summed E-state index contributed by atoms with van der Waals surface area (Å²) in [6.07, 6.45) is 4.60. The van der Waals surface area contributed by atoms with Crippen molar-refractivity contribution in [3.63, 3.8) is 0 Å². The van der Waals surface area contributed by atoms with Crippen LogP contribution in [0.5, 0.6) is 5.75 Å². The van der Waals surface area contributed by atoms with Gasteiger partial charge in [0.25, 0.3) is 0 Å². The summed E-state index contributed by atoms with van der Waals surface area (Å²) < 4.78 is 49.5. The Kier molecular flexibility index (Phi) is 7.99. The van der Waals surface area contributed by atoms with Gasteiger partial charge in [0.15, 0.2) is 0 Å². The molecular formula is C26H31FN4O4S. The van der Waals surface area contributed by atoms with Gasteiger partial charge < -0.3 is 9.84 Å². The van der Waals surface area contributed by atoms with Crippen molar-refractivity contribution in [2.24, 2.45) is 5.92 Å². The minimum atomic E-state index is -3.97. The van der Waals surface area contributed by atoms with E-state index in [1.165, 1.54) is 22.8 Å². The van der Waals surface area contributed by atoms with E-state index in [0.717, 1.165) is 5.56 Å². The van der Waals surface area contributed by atoms with Crippen LogP contribution in [0.25, 0.3) is 11.1 Å². The second-order valence-electron chi connectivity index (χ2n) is 9.32. The molecule has 0 fully saturated rings. The minimum Gasteiger partial charge on any atom is -0.487 e. The molecule has 0 spiro atoms. The van der Waals surface area contributed by atoms with Crippen molar-refractivity contribution < 1.29 is 22.7 Å². The van der Waals surface area contributed by atoms with Gasteiger partial charge in [-0.3, -0.25) is 4.90 Å². The smallest absolute Gasteiger partial charge is 0.247 e. The zero-order chi connectivity index (χ0) is 25.9. The molecule has 0 unspecified atom stereocenters. The maximum atomic E-state index is 14.5. The van der Waals surface area contributed by atoms with Gasteiger partial charge in [-0.2, -0.15) is 4.31 Å². The second kappa shape index (κ2) is 11.0. The van der Waals surface area contributed by atoms with E-state index in [2.05, 4.69) is 14.9 Å². The van der Waals surface area contributed by atoms with Crippen LogP contribution in [-0.4, -0.2) is 71.6 Å². The molecule has 2 heterocycles. The van der Waals surface area contributed by atoms with Gasteiger partial charge in [0.1, 0.15) is 28.9 Å². The van der Waals surface area contributed by atoms with Crippen LogP contribution in [0.1, 0.15) is 19.4 Å². The number of ether oxygens (including phenoxy) is 1. The molecule has 8 nitrogen and oxygen atoms in total.